The minimum Gasteiger partial charge on any atom is -0.351 e. The van der Waals surface area contributed by atoms with Crippen LogP contribution in [0.25, 0.3) is 10.9 Å². The number of amides is 1. The van der Waals surface area contributed by atoms with Gasteiger partial charge in [0.05, 0.1) is 16.3 Å². The SMILES string of the molecule is NS(=O)(=O)CCCNC(=O)c1cc(Cl)c2ccccc2n1. The van der Waals surface area contributed by atoms with Crippen molar-refractivity contribution in [3.05, 3.63) is 41.0 Å². The van der Waals surface area contributed by atoms with Gasteiger partial charge in [0.25, 0.3) is 5.91 Å². The first-order valence-electron chi connectivity index (χ1n) is 6.21. The molecule has 1 amide bonds. The zero-order chi connectivity index (χ0) is 15.5. The molecule has 1 heterocycles. The summed E-state index contributed by atoms with van der Waals surface area (Å²) in [6.07, 6.45) is 0.242. The van der Waals surface area contributed by atoms with E-state index in [2.05, 4.69) is 10.3 Å². The number of hydrogen-bond acceptors (Lipinski definition) is 4. The van der Waals surface area contributed by atoms with Crippen LogP contribution in [-0.2, 0) is 10.0 Å². The van der Waals surface area contributed by atoms with Gasteiger partial charge in [0.1, 0.15) is 5.69 Å². The Morgan fingerprint density at radius 1 is 1.33 bits per heavy atom. The largest absolute Gasteiger partial charge is 0.351 e. The van der Waals surface area contributed by atoms with Gasteiger partial charge in [-0.1, -0.05) is 29.8 Å². The van der Waals surface area contributed by atoms with Crippen molar-refractivity contribution < 1.29 is 13.2 Å². The Morgan fingerprint density at radius 2 is 2.05 bits per heavy atom. The molecule has 0 aliphatic rings. The molecule has 0 saturated carbocycles. The second-order valence-electron chi connectivity index (χ2n) is 4.48. The van der Waals surface area contributed by atoms with Crippen LogP contribution in [0.4, 0.5) is 0 Å². The number of carbonyl (C=O) groups excluding carboxylic acids is 1. The zero-order valence-electron chi connectivity index (χ0n) is 11.0. The van der Waals surface area contributed by atoms with Crippen LogP contribution in [0.1, 0.15) is 16.9 Å². The first-order valence-corrected chi connectivity index (χ1v) is 8.30. The fourth-order valence-electron chi connectivity index (χ4n) is 1.82. The van der Waals surface area contributed by atoms with E-state index >= 15 is 0 Å². The van der Waals surface area contributed by atoms with Crippen LogP contribution < -0.4 is 10.5 Å². The van der Waals surface area contributed by atoms with E-state index in [-0.39, 0.29) is 24.4 Å². The van der Waals surface area contributed by atoms with Gasteiger partial charge < -0.3 is 5.32 Å². The summed E-state index contributed by atoms with van der Waals surface area (Å²) in [5.41, 5.74) is 0.814. The van der Waals surface area contributed by atoms with Crippen LogP contribution in [0.2, 0.25) is 5.02 Å². The van der Waals surface area contributed by atoms with E-state index in [9.17, 15) is 13.2 Å². The molecular weight excluding hydrogens is 314 g/mol. The number of fused-ring (bicyclic) bond motifs is 1. The van der Waals surface area contributed by atoms with Crippen molar-refractivity contribution in [2.75, 3.05) is 12.3 Å². The Hall–Kier alpha value is -1.70. The number of hydrogen-bond donors (Lipinski definition) is 2. The molecule has 0 atom stereocenters. The van der Waals surface area contributed by atoms with Crippen LogP contribution in [0.15, 0.2) is 30.3 Å². The number of nitrogens with one attached hydrogen (secondary N) is 1. The van der Waals surface area contributed by atoms with Gasteiger partial charge in [0.15, 0.2) is 0 Å². The molecule has 8 heteroatoms. The van der Waals surface area contributed by atoms with Gasteiger partial charge in [-0.25, -0.2) is 18.5 Å². The highest BCUT2D eigenvalue weighted by Gasteiger charge is 2.11. The molecule has 0 spiro atoms. The van der Waals surface area contributed by atoms with Crippen LogP contribution in [-0.4, -0.2) is 31.6 Å². The number of primary sulfonamides is 1. The van der Waals surface area contributed by atoms with Crippen LogP contribution >= 0.6 is 11.6 Å². The van der Waals surface area contributed by atoms with Crippen molar-refractivity contribution in [3.8, 4) is 0 Å². The standard InChI is InChI=1S/C13H14ClN3O3S/c14-10-8-12(17-11-5-2-1-4-9(10)11)13(18)16-6-3-7-21(15,19)20/h1-2,4-5,8H,3,6-7H2,(H,16,18)(H2,15,19,20). The maximum absolute atomic E-state index is 12.0. The molecule has 2 aromatic rings. The Balaban J connectivity index is 2.06. The van der Waals surface area contributed by atoms with Gasteiger partial charge in [0, 0.05) is 11.9 Å². The lowest BCUT2D eigenvalue weighted by Crippen LogP contribution is -2.28. The molecule has 0 radical (unpaired) electrons. The molecular formula is C13H14ClN3O3S. The third-order valence-corrected chi connectivity index (χ3v) is 3.96. The molecule has 1 aromatic heterocycles. The molecule has 0 fully saturated rings. The predicted octanol–water partition coefficient (Wildman–Crippen LogP) is 1.30. The topological polar surface area (TPSA) is 102 Å². The summed E-state index contributed by atoms with van der Waals surface area (Å²) in [6, 6.07) is 8.71. The summed E-state index contributed by atoms with van der Waals surface area (Å²) < 4.78 is 21.5. The van der Waals surface area contributed by atoms with E-state index in [1.54, 1.807) is 12.1 Å². The quantitative estimate of drug-likeness (QED) is 0.808. The average molecular weight is 328 g/mol. The lowest BCUT2D eigenvalue weighted by Gasteiger charge is -2.06. The third-order valence-electron chi connectivity index (χ3n) is 2.79. The smallest absolute Gasteiger partial charge is 0.269 e. The maximum atomic E-state index is 12.0. The number of nitrogens with two attached hydrogens (primary N) is 1. The Kier molecular flexibility index (Phi) is 4.76. The summed E-state index contributed by atoms with van der Waals surface area (Å²) in [5.74, 6) is -0.587. The molecule has 112 valence electrons. The first kappa shape index (κ1) is 15.7. The number of benzene rings is 1. The van der Waals surface area contributed by atoms with Crippen molar-refractivity contribution in [2.24, 2.45) is 5.14 Å². The molecule has 6 nitrogen and oxygen atoms in total. The summed E-state index contributed by atoms with van der Waals surface area (Å²) in [6.45, 7) is 0.196. The monoisotopic (exact) mass is 327 g/mol. The predicted molar refractivity (Wildman–Crippen MR) is 81.7 cm³/mol. The second kappa shape index (κ2) is 6.38. The van der Waals surface area contributed by atoms with Crippen molar-refractivity contribution in [3.63, 3.8) is 0 Å². The molecule has 1 aromatic carbocycles. The maximum Gasteiger partial charge on any atom is 0.269 e. The minimum absolute atomic E-state index is 0.181. The van der Waals surface area contributed by atoms with Crippen molar-refractivity contribution >= 4 is 38.4 Å². The molecule has 0 bridgehead atoms. The molecule has 2 rings (SSSR count). The molecule has 0 saturated heterocycles. The molecule has 0 unspecified atom stereocenters. The van der Waals surface area contributed by atoms with E-state index in [0.29, 0.717) is 10.5 Å². The Bertz CT molecular complexity index is 777. The number of aromatic nitrogens is 1. The zero-order valence-corrected chi connectivity index (χ0v) is 12.6. The normalized spacial score (nSPS) is 11.5. The number of sulfonamides is 1. The van der Waals surface area contributed by atoms with Crippen LogP contribution in [0.3, 0.4) is 0 Å². The van der Waals surface area contributed by atoms with Gasteiger partial charge in [-0.2, -0.15) is 0 Å². The molecule has 0 aliphatic heterocycles. The summed E-state index contributed by atoms with van der Waals surface area (Å²) in [7, 11) is -3.51. The van der Waals surface area contributed by atoms with E-state index in [1.165, 1.54) is 6.07 Å². The van der Waals surface area contributed by atoms with Gasteiger partial charge in [0.2, 0.25) is 10.0 Å². The van der Waals surface area contributed by atoms with E-state index < -0.39 is 15.9 Å². The molecule has 0 aliphatic carbocycles. The highest BCUT2D eigenvalue weighted by molar-refractivity contribution is 7.89. The summed E-state index contributed by atoms with van der Waals surface area (Å²) >= 11 is 6.11. The Labute approximate surface area is 127 Å². The first-order chi connectivity index (χ1) is 9.87. The van der Waals surface area contributed by atoms with Gasteiger partial charge in [-0.3, -0.25) is 4.79 Å². The number of nitrogens with zero attached hydrogens (tertiary/aromatic N) is 1. The average Bonchev–Trinajstić information content (AvgIpc) is 2.42. The fourth-order valence-corrected chi connectivity index (χ4v) is 2.62. The van der Waals surface area contributed by atoms with Crippen molar-refractivity contribution in [2.45, 2.75) is 6.42 Å². The second-order valence-corrected chi connectivity index (χ2v) is 6.62. The van der Waals surface area contributed by atoms with Gasteiger partial charge in [-0.15, -0.1) is 0 Å². The van der Waals surface area contributed by atoms with Gasteiger partial charge >= 0.3 is 0 Å². The lowest BCUT2D eigenvalue weighted by atomic mass is 10.2. The van der Waals surface area contributed by atoms with E-state index in [1.807, 2.05) is 12.1 Å². The third kappa shape index (κ3) is 4.38. The van der Waals surface area contributed by atoms with Crippen LogP contribution in [0, 0.1) is 0 Å². The number of halogens is 1. The van der Waals surface area contributed by atoms with E-state index in [0.717, 1.165) is 5.39 Å². The van der Waals surface area contributed by atoms with Crippen LogP contribution in [0.5, 0.6) is 0 Å². The highest BCUT2D eigenvalue weighted by Crippen LogP contribution is 2.22. The summed E-state index contributed by atoms with van der Waals surface area (Å²) in [5, 5.41) is 8.67. The fraction of sp³-hybridized carbons (Fsp3) is 0.231. The Morgan fingerprint density at radius 3 is 2.76 bits per heavy atom. The lowest BCUT2D eigenvalue weighted by molar-refractivity contribution is 0.0949. The molecule has 21 heavy (non-hydrogen) atoms. The summed E-state index contributed by atoms with van der Waals surface area (Å²) in [4.78, 5) is 16.2. The molecule has 3 N–H and O–H groups in total. The number of carbonyl (C=O) groups is 1. The number of rotatable bonds is 5. The minimum atomic E-state index is -3.51. The van der Waals surface area contributed by atoms with Crippen molar-refractivity contribution in [1.29, 1.82) is 0 Å². The van der Waals surface area contributed by atoms with Crippen molar-refractivity contribution in [1.82, 2.24) is 10.3 Å². The number of pyridine rings is 1. The van der Waals surface area contributed by atoms with E-state index in [4.69, 9.17) is 16.7 Å². The highest BCUT2D eigenvalue weighted by atomic mass is 35.5. The van der Waals surface area contributed by atoms with Gasteiger partial charge in [-0.05, 0) is 18.6 Å². The number of para-hydroxylation sites is 1.